The predicted octanol–water partition coefficient (Wildman–Crippen LogP) is 2.90. The van der Waals surface area contributed by atoms with Gasteiger partial charge in [-0.2, -0.15) is 5.10 Å². The van der Waals surface area contributed by atoms with Gasteiger partial charge in [0.2, 0.25) is 0 Å². The van der Waals surface area contributed by atoms with Crippen molar-refractivity contribution in [2.24, 2.45) is 5.73 Å². The molecule has 0 amide bonds. The van der Waals surface area contributed by atoms with Crippen molar-refractivity contribution in [3.63, 3.8) is 0 Å². The number of aryl methyl sites for hydroxylation is 1. The molecule has 0 atom stereocenters. The molecule has 0 unspecified atom stereocenters. The summed E-state index contributed by atoms with van der Waals surface area (Å²) in [6.45, 7) is 1.78. The predicted molar refractivity (Wildman–Crippen MR) is 107 cm³/mol. The Labute approximate surface area is 165 Å². The van der Waals surface area contributed by atoms with E-state index in [2.05, 4.69) is 5.10 Å². The van der Waals surface area contributed by atoms with Gasteiger partial charge in [-0.3, -0.25) is 0 Å². The van der Waals surface area contributed by atoms with Crippen LogP contribution in [0, 0.1) is 6.92 Å². The number of halogens is 1. The number of nitrogens with two attached hydrogens (primary N) is 1. The summed E-state index contributed by atoms with van der Waals surface area (Å²) in [6.07, 6.45) is 0.418. The van der Waals surface area contributed by atoms with Crippen molar-refractivity contribution in [3.05, 3.63) is 58.5 Å². The van der Waals surface area contributed by atoms with Crippen LogP contribution in [-0.4, -0.2) is 35.1 Å². The summed E-state index contributed by atoms with van der Waals surface area (Å²) in [4.78, 5) is 13.7. The second-order valence-corrected chi connectivity index (χ2v) is 7.06. The van der Waals surface area contributed by atoms with Gasteiger partial charge in [0.05, 0.1) is 27.1 Å². The quantitative estimate of drug-likeness (QED) is 0.655. The van der Waals surface area contributed by atoms with Crippen LogP contribution in [0.5, 0.6) is 11.5 Å². The normalized spacial score (nSPS) is 11.7. The number of hydrogen-bond acceptors (Lipinski definition) is 6. The first-order valence-electron chi connectivity index (χ1n) is 8.49. The highest BCUT2D eigenvalue weighted by atomic mass is 32.1. The molecule has 0 aliphatic rings. The van der Waals surface area contributed by atoms with Gasteiger partial charge >= 0.3 is 5.69 Å². The molecule has 0 aliphatic heterocycles. The number of hydrogen-bond donors (Lipinski definition) is 1. The van der Waals surface area contributed by atoms with Gasteiger partial charge in [-0.25, -0.2) is 18.4 Å². The zero-order valence-corrected chi connectivity index (χ0v) is 16.6. The fraction of sp³-hybridized carbons (Fsp3) is 0.263. The molecule has 2 N–H and O–H groups in total. The molecule has 0 spiro atoms. The lowest BCUT2D eigenvalue weighted by Gasteiger charge is -2.08. The fourth-order valence-corrected chi connectivity index (χ4v) is 3.85. The maximum atomic E-state index is 12.8. The van der Waals surface area contributed by atoms with Gasteiger partial charge in [0.1, 0.15) is 10.8 Å². The first kappa shape index (κ1) is 19.8. The number of rotatable bonds is 7. The second kappa shape index (κ2) is 8.41. The van der Waals surface area contributed by atoms with Crippen LogP contribution in [0.1, 0.15) is 5.82 Å². The van der Waals surface area contributed by atoms with Crippen LogP contribution in [0.25, 0.3) is 15.4 Å². The summed E-state index contributed by atoms with van der Waals surface area (Å²) in [6, 6.07) is 9.42. The SMILES string of the molecule is COc1ccc(-c2ccc(-n3c(C)nn(C/C(=C/F)CN)c3=O)s2)cc1OC. The minimum atomic E-state index is -0.342. The molecule has 148 valence electrons. The van der Waals surface area contributed by atoms with E-state index in [9.17, 15) is 9.18 Å². The van der Waals surface area contributed by atoms with E-state index >= 15 is 0 Å². The largest absolute Gasteiger partial charge is 0.493 e. The monoisotopic (exact) mass is 404 g/mol. The highest BCUT2D eigenvalue weighted by Gasteiger charge is 2.15. The number of ether oxygens (including phenoxy) is 2. The smallest absolute Gasteiger partial charge is 0.351 e. The number of aromatic nitrogens is 3. The Morgan fingerprint density at radius 2 is 2.00 bits per heavy atom. The topological polar surface area (TPSA) is 84.3 Å². The molecule has 2 aromatic heterocycles. The Hall–Kier alpha value is -2.91. The van der Waals surface area contributed by atoms with Gasteiger partial charge in [-0.1, -0.05) is 0 Å². The Bertz CT molecular complexity index is 1070. The van der Waals surface area contributed by atoms with Crippen molar-refractivity contribution >= 4 is 11.3 Å². The van der Waals surface area contributed by atoms with Gasteiger partial charge in [-0.15, -0.1) is 11.3 Å². The Kier molecular flexibility index (Phi) is 5.96. The Morgan fingerprint density at radius 3 is 2.64 bits per heavy atom. The van der Waals surface area contributed by atoms with E-state index in [1.165, 1.54) is 20.6 Å². The summed E-state index contributed by atoms with van der Waals surface area (Å²) in [7, 11) is 3.17. The third-order valence-corrected chi connectivity index (χ3v) is 5.37. The number of benzene rings is 1. The number of nitrogens with zero attached hydrogens (tertiary/aromatic N) is 3. The Morgan fingerprint density at radius 1 is 1.25 bits per heavy atom. The Balaban J connectivity index is 1.97. The van der Waals surface area contributed by atoms with Crippen LogP contribution in [0.4, 0.5) is 4.39 Å². The number of methoxy groups -OCH3 is 2. The van der Waals surface area contributed by atoms with Crippen molar-refractivity contribution in [1.29, 1.82) is 0 Å². The second-order valence-electron chi connectivity index (χ2n) is 6.00. The van der Waals surface area contributed by atoms with Gasteiger partial charge in [-0.05, 0) is 48.4 Å². The molecule has 0 fully saturated rings. The molecule has 9 heteroatoms. The summed E-state index contributed by atoms with van der Waals surface area (Å²) in [5.74, 6) is 1.79. The zero-order chi connectivity index (χ0) is 20.3. The summed E-state index contributed by atoms with van der Waals surface area (Å²) in [5, 5.41) is 4.95. The average Bonchev–Trinajstić information content (AvgIpc) is 3.29. The lowest BCUT2D eigenvalue weighted by molar-refractivity contribution is 0.355. The summed E-state index contributed by atoms with van der Waals surface area (Å²) < 4.78 is 26.1. The average molecular weight is 404 g/mol. The molecule has 28 heavy (non-hydrogen) atoms. The molecule has 0 saturated heterocycles. The van der Waals surface area contributed by atoms with E-state index < -0.39 is 0 Å². The molecule has 3 rings (SSSR count). The van der Waals surface area contributed by atoms with Gasteiger partial charge < -0.3 is 15.2 Å². The van der Waals surface area contributed by atoms with Gasteiger partial charge in [0.25, 0.3) is 0 Å². The van der Waals surface area contributed by atoms with Crippen molar-refractivity contribution in [3.8, 4) is 26.9 Å². The van der Waals surface area contributed by atoms with Crippen molar-refractivity contribution in [2.75, 3.05) is 20.8 Å². The highest BCUT2D eigenvalue weighted by Crippen LogP contribution is 2.36. The minimum Gasteiger partial charge on any atom is -0.493 e. The molecule has 2 heterocycles. The van der Waals surface area contributed by atoms with Crippen LogP contribution in [0.15, 0.2) is 47.0 Å². The molecule has 0 radical (unpaired) electrons. The van der Waals surface area contributed by atoms with E-state index in [0.717, 1.165) is 15.4 Å². The van der Waals surface area contributed by atoms with Crippen LogP contribution in [0.3, 0.4) is 0 Å². The first-order chi connectivity index (χ1) is 13.5. The molecular weight excluding hydrogens is 383 g/mol. The summed E-state index contributed by atoms with van der Waals surface area (Å²) >= 11 is 1.44. The van der Waals surface area contributed by atoms with E-state index in [0.29, 0.717) is 29.2 Å². The molecule has 7 nitrogen and oxygen atoms in total. The maximum Gasteiger partial charge on any atom is 0.351 e. The van der Waals surface area contributed by atoms with E-state index in [-0.39, 0.29) is 18.8 Å². The highest BCUT2D eigenvalue weighted by molar-refractivity contribution is 7.17. The first-order valence-corrected chi connectivity index (χ1v) is 9.31. The maximum absolute atomic E-state index is 12.8. The van der Waals surface area contributed by atoms with E-state index in [1.54, 1.807) is 21.1 Å². The van der Waals surface area contributed by atoms with Crippen LogP contribution in [-0.2, 0) is 6.54 Å². The number of thiophene rings is 1. The molecular formula is C19H21FN4O3S. The third-order valence-electron chi connectivity index (χ3n) is 4.25. The minimum absolute atomic E-state index is 0.0214. The lowest BCUT2D eigenvalue weighted by Crippen LogP contribution is -2.25. The fourth-order valence-electron chi connectivity index (χ4n) is 2.80. The van der Waals surface area contributed by atoms with Crippen LogP contribution < -0.4 is 20.9 Å². The van der Waals surface area contributed by atoms with Crippen LogP contribution >= 0.6 is 11.3 Å². The molecule has 3 aromatic rings. The molecule has 1 aromatic carbocycles. The lowest BCUT2D eigenvalue weighted by atomic mass is 10.1. The molecule has 0 aliphatic carbocycles. The third kappa shape index (κ3) is 3.71. The standard InChI is InChI=1S/C19H21FN4O3S/c1-12-22-23(11-13(9-20)10-21)19(25)24(12)18-7-6-17(28-18)14-4-5-15(26-2)16(8-14)27-3/h4-9H,10-11,21H2,1-3H3/b13-9+. The van der Waals surface area contributed by atoms with Gasteiger partial charge in [0.15, 0.2) is 11.5 Å². The molecule has 0 bridgehead atoms. The van der Waals surface area contributed by atoms with E-state index in [1.807, 2.05) is 30.3 Å². The van der Waals surface area contributed by atoms with Crippen molar-refractivity contribution in [1.82, 2.24) is 14.3 Å². The van der Waals surface area contributed by atoms with Gasteiger partial charge in [0, 0.05) is 11.4 Å². The molecule has 0 saturated carbocycles. The summed E-state index contributed by atoms with van der Waals surface area (Å²) in [5.41, 5.74) is 6.37. The zero-order valence-electron chi connectivity index (χ0n) is 15.8. The van der Waals surface area contributed by atoms with E-state index in [4.69, 9.17) is 15.2 Å². The van der Waals surface area contributed by atoms with Crippen molar-refractivity contribution in [2.45, 2.75) is 13.5 Å². The van der Waals surface area contributed by atoms with Crippen LogP contribution in [0.2, 0.25) is 0 Å². The van der Waals surface area contributed by atoms with Crippen molar-refractivity contribution < 1.29 is 13.9 Å².